The number of hydrogen-bond donors (Lipinski definition) is 2. The van der Waals surface area contributed by atoms with Crippen molar-refractivity contribution >= 4 is 28.3 Å². The minimum absolute atomic E-state index is 0.151. The van der Waals surface area contributed by atoms with Crippen LogP contribution in [0.15, 0.2) is 24.5 Å². The van der Waals surface area contributed by atoms with Gasteiger partial charge in [-0.25, -0.2) is 14.8 Å². The fourth-order valence-corrected chi connectivity index (χ4v) is 4.08. The van der Waals surface area contributed by atoms with Crippen LogP contribution in [0.3, 0.4) is 0 Å². The predicted octanol–water partition coefficient (Wildman–Crippen LogP) is 1.20. The average molecular weight is 332 g/mol. The van der Waals surface area contributed by atoms with Gasteiger partial charge in [0.1, 0.15) is 10.7 Å². The molecule has 2 N–H and O–H groups in total. The number of carbonyl (C=O) groups is 1. The zero-order valence-electron chi connectivity index (χ0n) is 12.3. The van der Waals surface area contributed by atoms with E-state index in [2.05, 4.69) is 19.8 Å². The molecule has 23 heavy (non-hydrogen) atoms. The smallest absolute Gasteiger partial charge is 0.347 e. The highest BCUT2D eigenvalue weighted by atomic mass is 32.1. The van der Waals surface area contributed by atoms with Crippen LogP contribution in [0.4, 0.5) is 10.9 Å². The first kappa shape index (κ1) is 14.4. The normalized spacial score (nSPS) is 23.3. The molecule has 0 unspecified atom stereocenters. The lowest BCUT2D eigenvalue weighted by atomic mass is 10.2. The molecular weight excluding hydrogens is 316 g/mol. The molecule has 2 aromatic rings. The highest BCUT2D eigenvalue weighted by Crippen LogP contribution is 2.34. The van der Waals surface area contributed by atoms with E-state index in [1.165, 1.54) is 17.5 Å². The van der Waals surface area contributed by atoms with Gasteiger partial charge in [0.2, 0.25) is 0 Å². The van der Waals surface area contributed by atoms with Gasteiger partial charge in [0, 0.05) is 31.4 Å². The molecule has 0 bridgehead atoms. The zero-order valence-corrected chi connectivity index (χ0v) is 13.1. The van der Waals surface area contributed by atoms with E-state index in [4.69, 9.17) is 5.11 Å². The summed E-state index contributed by atoms with van der Waals surface area (Å²) in [6, 6.07) is 4.07. The summed E-state index contributed by atoms with van der Waals surface area (Å²) in [6.45, 7) is 1.92. The van der Waals surface area contributed by atoms with E-state index in [1.54, 1.807) is 6.20 Å². The van der Waals surface area contributed by atoms with Gasteiger partial charge in [-0.05, 0) is 12.5 Å². The number of nitrogens with zero attached hydrogens (tertiary/aromatic N) is 4. The lowest BCUT2D eigenvalue weighted by Gasteiger charge is -2.26. The summed E-state index contributed by atoms with van der Waals surface area (Å²) in [7, 11) is 0. The Balaban J connectivity index is 1.71. The Morgan fingerprint density at radius 3 is 3.00 bits per heavy atom. The van der Waals surface area contributed by atoms with E-state index in [0.717, 1.165) is 11.4 Å². The van der Waals surface area contributed by atoms with E-state index >= 15 is 0 Å². The molecule has 0 radical (unpaired) electrons. The number of carboxylic acids is 1. The van der Waals surface area contributed by atoms with Gasteiger partial charge < -0.3 is 20.0 Å². The minimum Gasteiger partial charge on any atom is -0.477 e. The fourth-order valence-electron chi connectivity index (χ4n) is 3.32. The van der Waals surface area contributed by atoms with E-state index in [9.17, 15) is 9.90 Å². The SMILES string of the molecule is O=C(O)c1cnc(N2Cc3cccnc3N3C[C@H](O)C[C@H]3C2)s1. The van der Waals surface area contributed by atoms with Gasteiger partial charge in [-0.2, -0.15) is 0 Å². The number of aliphatic hydroxyl groups excluding tert-OH is 1. The van der Waals surface area contributed by atoms with Crippen LogP contribution in [0.2, 0.25) is 0 Å². The van der Waals surface area contributed by atoms with Gasteiger partial charge in [0.15, 0.2) is 5.13 Å². The van der Waals surface area contributed by atoms with Crippen LogP contribution in [0.5, 0.6) is 0 Å². The van der Waals surface area contributed by atoms with Crippen molar-refractivity contribution < 1.29 is 15.0 Å². The molecule has 1 fully saturated rings. The van der Waals surface area contributed by atoms with Crippen LogP contribution in [-0.4, -0.2) is 51.4 Å². The van der Waals surface area contributed by atoms with Crippen molar-refractivity contribution in [3.63, 3.8) is 0 Å². The van der Waals surface area contributed by atoms with Gasteiger partial charge in [-0.1, -0.05) is 17.4 Å². The van der Waals surface area contributed by atoms with Crippen LogP contribution in [0, 0.1) is 0 Å². The molecule has 0 aromatic carbocycles. The lowest BCUT2D eigenvalue weighted by Crippen LogP contribution is -2.37. The zero-order chi connectivity index (χ0) is 16.0. The number of aromatic nitrogens is 2. The Hall–Kier alpha value is -2.19. The van der Waals surface area contributed by atoms with E-state index in [0.29, 0.717) is 31.2 Å². The van der Waals surface area contributed by atoms with Crippen LogP contribution >= 0.6 is 11.3 Å². The third-order valence-electron chi connectivity index (χ3n) is 4.30. The molecule has 7 nitrogen and oxygen atoms in total. The maximum Gasteiger partial charge on any atom is 0.347 e. The van der Waals surface area contributed by atoms with Crippen LogP contribution in [-0.2, 0) is 6.54 Å². The second-order valence-electron chi connectivity index (χ2n) is 5.87. The standard InChI is InChI=1S/C15H16N4O3S/c20-11-4-10-7-18(15-17-5-12(23-15)14(21)22)6-9-2-1-3-16-13(9)19(10)8-11/h1-3,5,10-11,20H,4,6-8H2,(H,21,22)/t10-,11+/m0/s1. The maximum atomic E-state index is 11.1. The van der Waals surface area contributed by atoms with Gasteiger partial charge >= 0.3 is 5.97 Å². The molecule has 4 heterocycles. The molecule has 0 saturated carbocycles. The van der Waals surface area contributed by atoms with Crippen LogP contribution < -0.4 is 9.80 Å². The summed E-state index contributed by atoms with van der Waals surface area (Å²) < 4.78 is 0. The Morgan fingerprint density at radius 1 is 1.35 bits per heavy atom. The topological polar surface area (TPSA) is 89.8 Å². The van der Waals surface area contributed by atoms with Crippen molar-refractivity contribution in [2.24, 2.45) is 0 Å². The molecule has 0 amide bonds. The van der Waals surface area contributed by atoms with Crippen molar-refractivity contribution in [3.05, 3.63) is 35.0 Å². The molecule has 2 aliphatic heterocycles. The van der Waals surface area contributed by atoms with E-state index in [-0.39, 0.29) is 17.0 Å². The summed E-state index contributed by atoms with van der Waals surface area (Å²) in [5, 5.41) is 19.8. The van der Waals surface area contributed by atoms with Gasteiger partial charge in [0.25, 0.3) is 0 Å². The molecule has 0 aliphatic carbocycles. The highest BCUT2D eigenvalue weighted by Gasteiger charge is 2.37. The highest BCUT2D eigenvalue weighted by molar-refractivity contribution is 7.17. The number of carboxylic acid groups (broad SMARTS) is 1. The number of pyridine rings is 1. The molecule has 120 valence electrons. The number of aliphatic hydroxyl groups is 1. The summed E-state index contributed by atoms with van der Waals surface area (Å²) in [5.41, 5.74) is 1.07. The average Bonchev–Trinajstić information content (AvgIpc) is 3.11. The summed E-state index contributed by atoms with van der Waals surface area (Å²) in [4.78, 5) is 24.3. The van der Waals surface area contributed by atoms with Gasteiger partial charge in [0.05, 0.1) is 18.3 Å². The number of hydrogen-bond acceptors (Lipinski definition) is 7. The molecule has 2 aromatic heterocycles. The summed E-state index contributed by atoms with van der Waals surface area (Å²) in [5.74, 6) is -0.0462. The molecule has 2 atom stereocenters. The first-order valence-corrected chi connectivity index (χ1v) is 8.26. The molecule has 2 aliphatic rings. The lowest BCUT2D eigenvalue weighted by molar-refractivity contribution is 0.0702. The van der Waals surface area contributed by atoms with Crippen molar-refractivity contribution in [1.82, 2.24) is 9.97 Å². The number of aromatic carboxylic acids is 1. The Bertz CT molecular complexity index is 750. The number of fused-ring (bicyclic) bond motifs is 3. The number of rotatable bonds is 2. The van der Waals surface area contributed by atoms with Crippen LogP contribution in [0.25, 0.3) is 0 Å². The Kier molecular flexibility index (Phi) is 3.42. The molecule has 1 saturated heterocycles. The monoisotopic (exact) mass is 332 g/mol. The minimum atomic E-state index is -0.955. The first-order chi connectivity index (χ1) is 11.1. The second kappa shape index (κ2) is 5.47. The van der Waals surface area contributed by atoms with Crippen molar-refractivity contribution in [3.8, 4) is 0 Å². The maximum absolute atomic E-state index is 11.1. The summed E-state index contributed by atoms with van der Waals surface area (Å²) in [6.07, 6.45) is 3.49. The van der Waals surface area contributed by atoms with Crippen molar-refractivity contribution in [2.45, 2.75) is 25.1 Å². The third-order valence-corrected chi connectivity index (χ3v) is 5.35. The van der Waals surface area contributed by atoms with Gasteiger partial charge in [-0.3, -0.25) is 0 Å². The molecule has 8 heteroatoms. The molecule has 0 spiro atoms. The van der Waals surface area contributed by atoms with Crippen molar-refractivity contribution in [1.29, 1.82) is 0 Å². The predicted molar refractivity (Wildman–Crippen MR) is 86.1 cm³/mol. The van der Waals surface area contributed by atoms with E-state index < -0.39 is 5.97 Å². The Morgan fingerprint density at radius 2 is 2.22 bits per heavy atom. The van der Waals surface area contributed by atoms with Crippen LogP contribution in [0.1, 0.15) is 21.7 Å². The van der Waals surface area contributed by atoms with E-state index in [1.807, 2.05) is 12.1 Å². The molecule has 4 rings (SSSR count). The quantitative estimate of drug-likeness (QED) is 0.854. The number of anilines is 2. The largest absolute Gasteiger partial charge is 0.477 e. The molecular formula is C15H16N4O3S. The number of thiazole rings is 1. The Labute approximate surface area is 136 Å². The third kappa shape index (κ3) is 2.53. The second-order valence-corrected chi connectivity index (χ2v) is 6.88. The van der Waals surface area contributed by atoms with Gasteiger partial charge in [-0.15, -0.1) is 0 Å². The fraction of sp³-hybridized carbons (Fsp3) is 0.400. The summed E-state index contributed by atoms with van der Waals surface area (Å²) >= 11 is 1.18. The van der Waals surface area contributed by atoms with Crippen molar-refractivity contribution in [2.75, 3.05) is 22.9 Å². The first-order valence-electron chi connectivity index (χ1n) is 7.44.